The van der Waals surface area contributed by atoms with Gasteiger partial charge in [-0.05, 0) is 52.5 Å². The Labute approximate surface area is 194 Å². The average molecular weight is 412 g/mol. The SMILES string of the molecule is CC1(C)CC(c2ccc(F)cc2)=C(/C=C/C(O)CC(O)CC(=O)[O-])C(C)(C)C1.[Na+]. The first-order chi connectivity index (χ1) is 12.9. The van der Waals surface area contributed by atoms with E-state index in [0.29, 0.717) is 0 Å². The average Bonchev–Trinajstić information content (AvgIpc) is 2.51. The molecule has 0 spiro atoms. The van der Waals surface area contributed by atoms with E-state index in [4.69, 9.17) is 0 Å². The number of carbonyl (C=O) groups excluding carboxylic acids is 1. The Hall–Kier alpha value is -0.980. The molecule has 2 unspecified atom stereocenters. The number of hydrogen-bond donors (Lipinski definition) is 2. The van der Waals surface area contributed by atoms with E-state index >= 15 is 0 Å². The van der Waals surface area contributed by atoms with Crippen LogP contribution in [0, 0.1) is 16.6 Å². The largest absolute Gasteiger partial charge is 1.00 e. The minimum absolute atomic E-state index is 0. The van der Waals surface area contributed by atoms with Crippen LogP contribution >= 0.6 is 0 Å². The van der Waals surface area contributed by atoms with Crippen molar-refractivity contribution >= 4 is 11.5 Å². The molecule has 1 aromatic rings. The molecule has 4 nitrogen and oxygen atoms in total. The molecular weight excluding hydrogens is 382 g/mol. The first-order valence-corrected chi connectivity index (χ1v) is 9.63. The van der Waals surface area contributed by atoms with Crippen molar-refractivity contribution in [3.05, 3.63) is 53.4 Å². The third-order valence-corrected chi connectivity index (χ3v) is 5.22. The van der Waals surface area contributed by atoms with Crippen LogP contribution < -0.4 is 34.7 Å². The molecule has 0 aliphatic heterocycles. The predicted molar refractivity (Wildman–Crippen MR) is 106 cm³/mol. The van der Waals surface area contributed by atoms with Crippen molar-refractivity contribution in [3.63, 3.8) is 0 Å². The number of carboxylic acids is 1. The van der Waals surface area contributed by atoms with Gasteiger partial charge in [0.1, 0.15) is 5.82 Å². The maximum Gasteiger partial charge on any atom is 1.00 e. The zero-order valence-electron chi connectivity index (χ0n) is 18.0. The van der Waals surface area contributed by atoms with Gasteiger partial charge in [-0.3, -0.25) is 0 Å². The summed E-state index contributed by atoms with van der Waals surface area (Å²) in [5.41, 5.74) is 3.04. The standard InChI is InChI=1S/C23H31FO4.Na/c1-22(2)13-19(15-5-7-16(24)8-6-15)20(23(3,4)14-22)10-9-17(25)11-18(26)12-21(27)28;/h5-10,17-18,25-26H,11-14H2,1-4H3,(H,27,28);/q;+1/p-1/b10-9+;. The van der Waals surface area contributed by atoms with Crippen LogP contribution in [0.5, 0.6) is 0 Å². The van der Waals surface area contributed by atoms with Crippen molar-refractivity contribution in [1.29, 1.82) is 0 Å². The number of hydrogen-bond acceptors (Lipinski definition) is 4. The minimum Gasteiger partial charge on any atom is -0.550 e. The van der Waals surface area contributed by atoms with Gasteiger partial charge >= 0.3 is 29.6 Å². The van der Waals surface area contributed by atoms with E-state index in [-0.39, 0.29) is 52.6 Å². The molecule has 0 fully saturated rings. The summed E-state index contributed by atoms with van der Waals surface area (Å²) < 4.78 is 13.4. The Morgan fingerprint density at radius 1 is 1.21 bits per heavy atom. The summed E-state index contributed by atoms with van der Waals surface area (Å²) in [6.45, 7) is 8.72. The second kappa shape index (κ2) is 10.4. The summed E-state index contributed by atoms with van der Waals surface area (Å²) in [4.78, 5) is 10.6. The van der Waals surface area contributed by atoms with Crippen molar-refractivity contribution in [2.75, 3.05) is 0 Å². The molecule has 0 amide bonds. The fraction of sp³-hybridized carbons (Fsp3) is 0.522. The Morgan fingerprint density at radius 3 is 2.34 bits per heavy atom. The molecule has 2 atom stereocenters. The van der Waals surface area contributed by atoms with Gasteiger partial charge in [0.15, 0.2) is 0 Å². The van der Waals surface area contributed by atoms with Gasteiger partial charge in [-0.15, -0.1) is 0 Å². The molecule has 154 valence electrons. The molecule has 1 aliphatic rings. The smallest absolute Gasteiger partial charge is 0.550 e. The Balaban J connectivity index is 0.00000420. The van der Waals surface area contributed by atoms with Crippen LogP contribution in [0.15, 0.2) is 42.0 Å². The van der Waals surface area contributed by atoms with Crippen molar-refractivity contribution in [2.45, 2.75) is 65.6 Å². The number of aliphatic hydroxyl groups is 2. The van der Waals surface area contributed by atoms with E-state index in [1.165, 1.54) is 12.1 Å². The van der Waals surface area contributed by atoms with Crippen molar-refractivity contribution in [2.24, 2.45) is 10.8 Å². The van der Waals surface area contributed by atoms with Crippen LogP contribution in [0.1, 0.15) is 58.9 Å². The zero-order valence-corrected chi connectivity index (χ0v) is 20.0. The fourth-order valence-electron chi connectivity index (χ4n) is 4.41. The van der Waals surface area contributed by atoms with Gasteiger partial charge in [-0.2, -0.15) is 0 Å². The topological polar surface area (TPSA) is 80.6 Å². The molecule has 0 aromatic heterocycles. The van der Waals surface area contributed by atoms with Crippen molar-refractivity contribution in [3.8, 4) is 0 Å². The number of aliphatic carboxylic acids is 1. The summed E-state index contributed by atoms with van der Waals surface area (Å²) in [6.07, 6.45) is 2.53. The van der Waals surface area contributed by atoms with Crippen LogP contribution in [0.3, 0.4) is 0 Å². The Bertz CT molecular complexity index is 766. The molecule has 0 heterocycles. The summed E-state index contributed by atoms with van der Waals surface area (Å²) in [6, 6.07) is 6.44. The molecule has 2 N–H and O–H groups in total. The number of benzene rings is 1. The molecule has 0 saturated carbocycles. The van der Waals surface area contributed by atoms with E-state index in [0.717, 1.165) is 29.6 Å². The first kappa shape index (κ1) is 26.1. The maximum atomic E-state index is 13.4. The van der Waals surface area contributed by atoms with Crippen LogP contribution in [-0.4, -0.2) is 28.4 Å². The van der Waals surface area contributed by atoms with Crippen molar-refractivity contribution in [1.82, 2.24) is 0 Å². The van der Waals surface area contributed by atoms with E-state index in [2.05, 4.69) is 27.7 Å². The maximum absolute atomic E-state index is 13.4. The molecule has 2 rings (SSSR count). The van der Waals surface area contributed by atoms with Gasteiger partial charge in [-0.1, -0.05) is 52.0 Å². The number of carboxylic acid groups (broad SMARTS) is 1. The second-order valence-electron chi connectivity index (χ2n) is 9.19. The summed E-state index contributed by atoms with van der Waals surface area (Å²) >= 11 is 0. The van der Waals surface area contributed by atoms with Crippen LogP contribution in [0.2, 0.25) is 0 Å². The van der Waals surface area contributed by atoms with Gasteiger partial charge in [0.2, 0.25) is 0 Å². The number of halogens is 1. The van der Waals surface area contributed by atoms with Gasteiger partial charge < -0.3 is 20.1 Å². The number of rotatable bonds is 7. The normalized spacial score (nSPS) is 20.2. The van der Waals surface area contributed by atoms with E-state index < -0.39 is 24.6 Å². The number of aliphatic hydroxyl groups excluding tert-OH is 2. The quantitative estimate of drug-likeness (QED) is 0.629. The third kappa shape index (κ3) is 7.65. The molecule has 1 aliphatic carbocycles. The molecule has 29 heavy (non-hydrogen) atoms. The zero-order chi connectivity index (χ0) is 21.1. The van der Waals surface area contributed by atoms with Crippen LogP contribution in [0.4, 0.5) is 4.39 Å². The molecule has 0 bridgehead atoms. The van der Waals surface area contributed by atoms with Crippen LogP contribution in [0.25, 0.3) is 5.57 Å². The molecule has 6 heteroatoms. The van der Waals surface area contributed by atoms with E-state index in [1.807, 2.05) is 6.08 Å². The second-order valence-corrected chi connectivity index (χ2v) is 9.19. The summed E-state index contributed by atoms with van der Waals surface area (Å²) in [5.74, 6) is -1.63. The van der Waals surface area contributed by atoms with Gasteiger partial charge in [-0.25, -0.2) is 4.39 Å². The van der Waals surface area contributed by atoms with Crippen molar-refractivity contribution < 1.29 is 54.1 Å². The first-order valence-electron chi connectivity index (χ1n) is 9.63. The third-order valence-electron chi connectivity index (χ3n) is 5.22. The van der Waals surface area contributed by atoms with Gasteiger partial charge in [0.05, 0.1) is 12.2 Å². The van der Waals surface area contributed by atoms with E-state index in [1.54, 1.807) is 18.2 Å². The molecule has 0 radical (unpaired) electrons. The summed E-state index contributed by atoms with van der Waals surface area (Å²) in [5, 5.41) is 30.5. The Morgan fingerprint density at radius 2 is 1.79 bits per heavy atom. The van der Waals surface area contributed by atoms with Crippen LogP contribution in [-0.2, 0) is 4.79 Å². The predicted octanol–water partition coefficient (Wildman–Crippen LogP) is 0.238. The monoisotopic (exact) mass is 412 g/mol. The molecule has 0 saturated heterocycles. The van der Waals surface area contributed by atoms with E-state index in [9.17, 15) is 24.5 Å². The molecular formula is C23H30FNaO4. The van der Waals surface area contributed by atoms with Gasteiger partial charge in [0, 0.05) is 18.8 Å². The number of carbonyl (C=O) groups is 1. The minimum atomic E-state index is -1.35. The summed E-state index contributed by atoms with van der Waals surface area (Å²) in [7, 11) is 0. The van der Waals surface area contributed by atoms with Gasteiger partial charge in [0.25, 0.3) is 0 Å². The molecule has 1 aromatic carbocycles. The number of allylic oxidation sites excluding steroid dienone is 3. The Kier molecular flexibility index (Phi) is 9.31. The fourth-order valence-corrected chi connectivity index (χ4v) is 4.41.